The number of halogens is 1. The van der Waals surface area contributed by atoms with Gasteiger partial charge in [-0.2, -0.15) is 0 Å². The molecule has 114 valence electrons. The van der Waals surface area contributed by atoms with Gasteiger partial charge in [-0.25, -0.2) is 0 Å². The van der Waals surface area contributed by atoms with Crippen molar-refractivity contribution in [2.45, 2.75) is 33.1 Å². The highest BCUT2D eigenvalue weighted by molar-refractivity contribution is 9.10. The van der Waals surface area contributed by atoms with Crippen LogP contribution >= 0.6 is 15.9 Å². The number of carbonyl (C=O) groups is 2. The second kappa shape index (κ2) is 6.18. The topological polar surface area (TPSA) is 57.6 Å². The summed E-state index contributed by atoms with van der Waals surface area (Å²) in [4.78, 5) is 25.8. The van der Waals surface area contributed by atoms with Crippen molar-refractivity contribution in [1.82, 2.24) is 4.90 Å². The Morgan fingerprint density at radius 2 is 2.14 bits per heavy atom. The molecule has 0 aromatic heterocycles. The SMILES string of the molecule is CCCC1(C(=O)O)CCN(C(=O)c2ccc(C)cc2Br)C1. The number of carboxylic acid groups (broad SMARTS) is 1. The molecule has 0 spiro atoms. The van der Waals surface area contributed by atoms with Gasteiger partial charge in [0.1, 0.15) is 0 Å². The maximum absolute atomic E-state index is 12.6. The summed E-state index contributed by atoms with van der Waals surface area (Å²) in [5.41, 5.74) is 0.894. The molecule has 1 atom stereocenters. The minimum Gasteiger partial charge on any atom is -0.481 e. The third-order valence-corrected chi connectivity index (χ3v) is 4.83. The second-order valence-electron chi connectivity index (χ2n) is 5.80. The molecule has 1 aromatic carbocycles. The van der Waals surface area contributed by atoms with Crippen LogP contribution in [0.4, 0.5) is 0 Å². The third-order valence-electron chi connectivity index (χ3n) is 4.18. The summed E-state index contributed by atoms with van der Waals surface area (Å²) in [5, 5.41) is 9.51. The molecule has 2 rings (SSSR count). The first-order valence-corrected chi connectivity index (χ1v) is 7.98. The van der Waals surface area contributed by atoms with Gasteiger partial charge in [0, 0.05) is 17.6 Å². The highest BCUT2D eigenvalue weighted by Gasteiger charge is 2.45. The molecule has 0 saturated carbocycles. The van der Waals surface area contributed by atoms with E-state index in [1.165, 1.54) is 0 Å². The van der Waals surface area contributed by atoms with Gasteiger partial charge in [-0.05, 0) is 53.4 Å². The lowest BCUT2D eigenvalue weighted by Gasteiger charge is -2.24. The number of rotatable bonds is 4. The van der Waals surface area contributed by atoms with E-state index in [-0.39, 0.29) is 5.91 Å². The molecule has 4 nitrogen and oxygen atoms in total. The molecular weight excluding hydrogens is 334 g/mol. The Labute approximate surface area is 133 Å². The predicted octanol–water partition coefficient (Wildman–Crippen LogP) is 3.47. The number of hydrogen-bond donors (Lipinski definition) is 1. The zero-order chi connectivity index (χ0) is 15.6. The maximum Gasteiger partial charge on any atom is 0.311 e. The van der Waals surface area contributed by atoms with Gasteiger partial charge in [-0.3, -0.25) is 9.59 Å². The fourth-order valence-electron chi connectivity index (χ4n) is 2.97. The highest BCUT2D eigenvalue weighted by Crippen LogP contribution is 2.36. The van der Waals surface area contributed by atoms with Crippen molar-refractivity contribution in [2.75, 3.05) is 13.1 Å². The molecular formula is C16H20BrNO3. The first kappa shape index (κ1) is 16.0. The van der Waals surface area contributed by atoms with E-state index in [0.29, 0.717) is 31.5 Å². The Hall–Kier alpha value is -1.36. The van der Waals surface area contributed by atoms with Crippen LogP contribution in [0.3, 0.4) is 0 Å². The lowest BCUT2D eigenvalue weighted by atomic mass is 9.83. The average Bonchev–Trinajstić information content (AvgIpc) is 2.84. The Morgan fingerprint density at radius 1 is 1.43 bits per heavy atom. The molecule has 1 aliphatic rings. The Kier molecular flexibility index (Phi) is 4.71. The van der Waals surface area contributed by atoms with Crippen molar-refractivity contribution in [3.05, 3.63) is 33.8 Å². The van der Waals surface area contributed by atoms with Crippen molar-refractivity contribution in [3.8, 4) is 0 Å². The van der Waals surface area contributed by atoms with Gasteiger partial charge in [-0.1, -0.05) is 19.4 Å². The number of likely N-dealkylation sites (tertiary alicyclic amines) is 1. The third kappa shape index (κ3) is 3.12. The zero-order valence-corrected chi connectivity index (χ0v) is 13.9. The van der Waals surface area contributed by atoms with Crippen LogP contribution in [0, 0.1) is 12.3 Å². The number of amides is 1. The fraction of sp³-hybridized carbons (Fsp3) is 0.500. The van der Waals surface area contributed by atoms with E-state index in [4.69, 9.17) is 0 Å². The monoisotopic (exact) mass is 353 g/mol. The minimum atomic E-state index is -0.789. The van der Waals surface area contributed by atoms with Crippen LogP contribution in [0.2, 0.25) is 0 Å². The number of aryl methyl sites for hydroxylation is 1. The van der Waals surface area contributed by atoms with Crippen LogP contribution in [0.15, 0.2) is 22.7 Å². The standard InChI is InChI=1S/C16H20BrNO3/c1-3-6-16(15(20)21)7-8-18(10-16)14(19)12-5-4-11(2)9-13(12)17/h4-5,9H,3,6-8,10H2,1-2H3,(H,20,21). The molecule has 0 bridgehead atoms. The van der Waals surface area contributed by atoms with Gasteiger partial charge in [0.05, 0.1) is 11.0 Å². The first-order chi connectivity index (χ1) is 9.89. The van der Waals surface area contributed by atoms with Gasteiger partial charge in [0.2, 0.25) is 0 Å². The maximum atomic E-state index is 12.6. The van der Waals surface area contributed by atoms with Gasteiger partial charge < -0.3 is 10.0 Å². The fourth-order valence-corrected chi connectivity index (χ4v) is 3.64. The lowest BCUT2D eigenvalue weighted by molar-refractivity contribution is -0.148. The normalized spacial score (nSPS) is 21.6. The van der Waals surface area contributed by atoms with Crippen molar-refractivity contribution < 1.29 is 14.7 Å². The summed E-state index contributed by atoms with van der Waals surface area (Å²) in [7, 11) is 0. The molecule has 1 heterocycles. The van der Waals surface area contributed by atoms with E-state index < -0.39 is 11.4 Å². The molecule has 1 N–H and O–H groups in total. The van der Waals surface area contributed by atoms with Gasteiger partial charge in [0.25, 0.3) is 5.91 Å². The number of carbonyl (C=O) groups excluding carboxylic acids is 1. The highest BCUT2D eigenvalue weighted by atomic mass is 79.9. The van der Waals surface area contributed by atoms with Crippen LogP contribution < -0.4 is 0 Å². The van der Waals surface area contributed by atoms with Gasteiger partial charge in [0.15, 0.2) is 0 Å². The van der Waals surface area contributed by atoms with Gasteiger partial charge >= 0.3 is 5.97 Å². The summed E-state index contributed by atoms with van der Waals surface area (Å²) in [6, 6.07) is 5.59. The summed E-state index contributed by atoms with van der Waals surface area (Å²) in [6.45, 7) is 4.75. The smallest absolute Gasteiger partial charge is 0.311 e. The molecule has 0 aliphatic carbocycles. The van der Waals surface area contributed by atoms with Crippen LogP contribution in [0.5, 0.6) is 0 Å². The molecule has 1 aromatic rings. The second-order valence-corrected chi connectivity index (χ2v) is 6.65. The number of nitrogens with zero attached hydrogens (tertiary/aromatic N) is 1. The minimum absolute atomic E-state index is 0.0962. The summed E-state index contributed by atoms with van der Waals surface area (Å²) in [5.74, 6) is -0.885. The Bertz CT molecular complexity index is 573. The Balaban J connectivity index is 2.20. The molecule has 1 saturated heterocycles. The van der Waals surface area contributed by atoms with E-state index in [2.05, 4.69) is 15.9 Å². The summed E-state index contributed by atoms with van der Waals surface area (Å²) < 4.78 is 0.760. The van der Waals surface area contributed by atoms with E-state index >= 15 is 0 Å². The molecule has 1 unspecified atom stereocenters. The van der Waals surface area contributed by atoms with Crippen molar-refractivity contribution in [3.63, 3.8) is 0 Å². The molecule has 1 fully saturated rings. The van der Waals surface area contributed by atoms with E-state index in [1.54, 1.807) is 11.0 Å². The number of benzene rings is 1. The van der Waals surface area contributed by atoms with Crippen molar-refractivity contribution in [2.24, 2.45) is 5.41 Å². The van der Waals surface area contributed by atoms with Crippen molar-refractivity contribution >= 4 is 27.8 Å². The quantitative estimate of drug-likeness (QED) is 0.901. The number of aliphatic carboxylic acids is 1. The van der Waals surface area contributed by atoms with Gasteiger partial charge in [-0.15, -0.1) is 0 Å². The molecule has 1 aliphatic heterocycles. The summed E-state index contributed by atoms with van der Waals surface area (Å²) >= 11 is 3.42. The zero-order valence-electron chi connectivity index (χ0n) is 12.4. The molecule has 0 radical (unpaired) electrons. The number of hydrogen-bond acceptors (Lipinski definition) is 2. The van der Waals surface area contributed by atoms with Crippen LogP contribution in [0.1, 0.15) is 42.1 Å². The first-order valence-electron chi connectivity index (χ1n) is 7.18. The lowest BCUT2D eigenvalue weighted by Crippen LogP contribution is -2.37. The van der Waals surface area contributed by atoms with Crippen molar-refractivity contribution in [1.29, 1.82) is 0 Å². The largest absolute Gasteiger partial charge is 0.481 e. The predicted molar refractivity (Wildman–Crippen MR) is 84.4 cm³/mol. The van der Waals surface area contributed by atoms with E-state index in [0.717, 1.165) is 16.5 Å². The van der Waals surface area contributed by atoms with E-state index in [9.17, 15) is 14.7 Å². The Morgan fingerprint density at radius 3 is 2.71 bits per heavy atom. The van der Waals surface area contributed by atoms with E-state index in [1.807, 2.05) is 26.0 Å². The number of carboxylic acids is 1. The van der Waals surface area contributed by atoms with Crippen LogP contribution in [-0.2, 0) is 4.79 Å². The summed E-state index contributed by atoms with van der Waals surface area (Å²) in [6.07, 6.45) is 1.95. The van der Waals surface area contributed by atoms with Crippen LogP contribution in [0.25, 0.3) is 0 Å². The average molecular weight is 354 g/mol. The van der Waals surface area contributed by atoms with Crippen LogP contribution in [-0.4, -0.2) is 35.0 Å². The molecule has 21 heavy (non-hydrogen) atoms. The molecule has 5 heteroatoms. The molecule has 1 amide bonds.